The fraction of sp³-hybridized carbons (Fsp3) is 0.385. The van der Waals surface area contributed by atoms with E-state index in [-0.39, 0.29) is 24.8 Å². The van der Waals surface area contributed by atoms with E-state index in [9.17, 15) is 19.8 Å². The number of carbonyl (C=O) groups excluding carboxylic acids is 2. The summed E-state index contributed by atoms with van der Waals surface area (Å²) in [5, 5.41) is 24.9. The van der Waals surface area contributed by atoms with E-state index in [1.54, 1.807) is 18.2 Å². The van der Waals surface area contributed by atoms with Gasteiger partial charge in [0.25, 0.3) is 0 Å². The van der Waals surface area contributed by atoms with Crippen molar-refractivity contribution in [1.29, 1.82) is 0 Å². The molecule has 0 spiro atoms. The second-order valence-electron chi connectivity index (χ2n) is 4.59. The maximum absolute atomic E-state index is 11.2. The second kappa shape index (κ2) is 5.38. The maximum atomic E-state index is 11.2. The molecule has 0 fully saturated rings. The minimum atomic E-state index is -1.10. The van der Waals surface area contributed by atoms with Crippen LogP contribution < -0.4 is 10.6 Å². The predicted octanol–water partition coefficient (Wildman–Crippen LogP) is -0.288. The first-order valence-electron chi connectivity index (χ1n) is 6.00. The van der Waals surface area contributed by atoms with Crippen LogP contribution in [0, 0.1) is 0 Å². The molecule has 0 radical (unpaired) electrons. The molecule has 2 atom stereocenters. The lowest BCUT2D eigenvalue weighted by molar-refractivity contribution is -0.120. The number of aliphatic hydroxyl groups excluding tert-OH is 2. The van der Waals surface area contributed by atoms with Crippen LogP contribution in [0.4, 0.5) is 5.69 Å². The van der Waals surface area contributed by atoms with Crippen LogP contribution in [-0.2, 0) is 16.0 Å². The standard InChI is InChI=1S/C13H16N2O4/c1-7(16)14-6-11(17)13(19)8-2-3-10-9(4-8)5-12(18)15-10/h2-4,11,13,17,19H,5-6H2,1H3,(H,14,16)(H,15,18). The van der Waals surface area contributed by atoms with Crippen LogP contribution in [0.5, 0.6) is 0 Å². The third kappa shape index (κ3) is 3.10. The fourth-order valence-electron chi connectivity index (χ4n) is 2.02. The highest BCUT2D eigenvalue weighted by molar-refractivity contribution is 5.99. The van der Waals surface area contributed by atoms with Gasteiger partial charge in [-0.2, -0.15) is 0 Å². The molecule has 1 aliphatic rings. The first-order chi connectivity index (χ1) is 8.97. The molecule has 0 bridgehead atoms. The summed E-state index contributed by atoms with van der Waals surface area (Å²) in [5.41, 5.74) is 2.05. The quantitative estimate of drug-likeness (QED) is 0.600. The molecule has 19 heavy (non-hydrogen) atoms. The van der Waals surface area contributed by atoms with Gasteiger partial charge in [-0.1, -0.05) is 12.1 Å². The zero-order valence-electron chi connectivity index (χ0n) is 10.5. The molecule has 0 saturated carbocycles. The summed E-state index contributed by atoms with van der Waals surface area (Å²) >= 11 is 0. The molecule has 1 aromatic rings. The molecule has 0 aliphatic carbocycles. The van der Waals surface area contributed by atoms with E-state index in [0.717, 1.165) is 11.3 Å². The molecular formula is C13H16N2O4. The molecule has 1 heterocycles. The van der Waals surface area contributed by atoms with E-state index < -0.39 is 12.2 Å². The van der Waals surface area contributed by atoms with E-state index in [2.05, 4.69) is 10.6 Å². The number of hydrogen-bond donors (Lipinski definition) is 4. The van der Waals surface area contributed by atoms with Crippen molar-refractivity contribution < 1.29 is 19.8 Å². The Hall–Kier alpha value is -1.92. The predicted molar refractivity (Wildman–Crippen MR) is 68.4 cm³/mol. The van der Waals surface area contributed by atoms with Gasteiger partial charge in [0, 0.05) is 19.2 Å². The largest absolute Gasteiger partial charge is 0.388 e. The number of aliphatic hydroxyl groups is 2. The van der Waals surface area contributed by atoms with Gasteiger partial charge in [0.1, 0.15) is 12.2 Å². The number of fused-ring (bicyclic) bond motifs is 1. The van der Waals surface area contributed by atoms with Gasteiger partial charge in [-0.05, 0) is 17.2 Å². The zero-order chi connectivity index (χ0) is 14.0. The molecule has 2 unspecified atom stereocenters. The molecule has 1 aromatic carbocycles. The SMILES string of the molecule is CC(=O)NCC(O)C(O)c1ccc2c(c1)CC(=O)N2. The van der Waals surface area contributed by atoms with Crippen molar-refractivity contribution in [2.24, 2.45) is 0 Å². The second-order valence-corrected chi connectivity index (χ2v) is 4.59. The van der Waals surface area contributed by atoms with Crippen LogP contribution in [0.2, 0.25) is 0 Å². The summed E-state index contributed by atoms with van der Waals surface area (Å²) in [6, 6.07) is 5.03. The highest BCUT2D eigenvalue weighted by Crippen LogP contribution is 2.27. The first-order valence-corrected chi connectivity index (χ1v) is 6.00. The minimum Gasteiger partial charge on any atom is -0.388 e. The topological polar surface area (TPSA) is 98.7 Å². The van der Waals surface area contributed by atoms with Crippen LogP contribution in [0.25, 0.3) is 0 Å². The molecule has 102 valence electrons. The third-order valence-electron chi connectivity index (χ3n) is 3.02. The molecule has 1 aliphatic heterocycles. The lowest BCUT2D eigenvalue weighted by Crippen LogP contribution is -2.34. The van der Waals surface area contributed by atoms with Crippen molar-refractivity contribution in [2.45, 2.75) is 25.6 Å². The number of rotatable bonds is 4. The highest BCUT2D eigenvalue weighted by atomic mass is 16.3. The summed E-state index contributed by atoms with van der Waals surface area (Å²) < 4.78 is 0. The number of benzene rings is 1. The Morgan fingerprint density at radius 1 is 1.47 bits per heavy atom. The monoisotopic (exact) mass is 264 g/mol. The van der Waals surface area contributed by atoms with Crippen molar-refractivity contribution in [3.05, 3.63) is 29.3 Å². The number of amides is 2. The Kier molecular flexibility index (Phi) is 3.82. The number of carbonyl (C=O) groups is 2. The number of anilines is 1. The van der Waals surface area contributed by atoms with Crippen LogP contribution in [0.1, 0.15) is 24.2 Å². The van der Waals surface area contributed by atoms with Gasteiger partial charge in [0.05, 0.1) is 6.42 Å². The highest BCUT2D eigenvalue weighted by Gasteiger charge is 2.22. The van der Waals surface area contributed by atoms with Crippen molar-refractivity contribution >= 4 is 17.5 Å². The lowest BCUT2D eigenvalue weighted by Gasteiger charge is -2.19. The molecular weight excluding hydrogens is 248 g/mol. The molecule has 4 N–H and O–H groups in total. The normalized spacial score (nSPS) is 16.5. The molecule has 6 heteroatoms. The van der Waals surface area contributed by atoms with Crippen LogP contribution in [0.3, 0.4) is 0 Å². The van der Waals surface area contributed by atoms with Gasteiger partial charge >= 0.3 is 0 Å². The van der Waals surface area contributed by atoms with Crippen LogP contribution in [-0.4, -0.2) is 34.7 Å². The van der Waals surface area contributed by atoms with Crippen LogP contribution in [0.15, 0.2) is 18.2 Å². The number of nitrogens with one attached hydrogen (secondary N) is 2. The average Bonchev–Trinajstić information content (AvgIpc) is 2.73. The number of hydrogen-bond acceptors (Lipinski definition) is 4. The Balaban J connectivity index is 2.07. The van der Waals surface area contributed by atoms with E-state index >= 15 is 0 Å². The Labute approximate surface area is 110 Å². The summed E-state index contributed by atoms with van der Waals surface area (Å²) in [6.45, 7) is 1.32. The molecule has 0 saturated heterocycles. The Morgan fingerprint density at radius 2 is 2.21 bits per heavy atom. The summed E-state index contributed by atoms with van der Waals surface area (Å²) in [6.07, 6.45) is -1.92. The molecule has 0 aromatic heterocycles. The van der Waals surface area contributed by atoms with Crippen molar-refractivity contribution in [1.82, 2.24) is 5.32 Å². The van der Waals surface area contributed by atoms with Crippen molar-refractivity contribution in [3.63, 3.8) is 0 Å². The smallest absolute Gasteiger partial charge is 0.228 e. The van der Waals surface area contributed by atoms with E-state index in [1.165, 1.54) is 6.92 Å². The minimum absolute atomic E-state index is 0.0231. The van der Waals surface area contributed by atoms with Crippen LogP contribution >= 0.6 is 0 Å². The summed E-state index contributed by atoms with van der Waals surface area (Å²) in [4.78, 5) is 22.0. The zero-order valence-corrected chi connectivity index (χ0v) is 10.5. The van der Waals surface area contributed by atoms with Gasteiger partial charge in [0.15, 0.2) is 0 Å². The van der Waals surface area contributed by atoms with Gasteiger partial charge in [-0.3, -0.25) is 9.59 Å². The Bertz CT molecular complexity index is 515. The third-order valence-corrected chi connectivity index (χ3v) is 3.02. The van der Waals surface area contributed by atoms with Gasteiger partial charge in [-0.25, -0.2) is 0 Å². The Morgan fingerprint density at radius 3 is 2.89 bits per heavy atom. The van der Waals surface area contributed by atoms with Gasteiger partial charge in [-0.15, -0.1) is 0 Å². The molecule has 6 nitrogen and oxygen atoms in total. The summed E-state index contributed by atoms with van der Waals surface area (Å²) in [7, 11) is 0. The average molecular weight is 264 g/mol. The molecule has 2 rings (SSSR count). The van der Waals surface area contributed by atoms with Crippen molar-refractivity contribution in [3.8, 4) is 0 Å². The lowest BCUT2D eigenvalue weighted by atomic mass is 10.0. The maximum Gasteiger partial charge on any atom is 0.228 e. The van der Waals surface area contributed by atoms with E-state index in [1.807, 2.05) is 0 Å². The summed E-state index contributed by atoms with van der Waals surface area (Å²) in [5.74, 6) is -0.351. The van der Waals surface area contributed by atoms with E-state index in [0.29, 0.717) is 5.56 Å². The van der Waals surface area contributed by atoms with E-state index in [4.69, 9.17) is 0 Å². The van der Waals surface area contributed by atoms with Gasteiger partial charge < -0.3 is 20.8 Å². The van der Waals surface area contributed by atoms with Crippen molar-refractivity contribution in [2.75, 3.05) is 11.9 Å². The first kappa shape index (κ1) is 13.5. The van der Waals surface area contributed by atoms with Gasteiger partial charge in [0.2, 0.25) is 11.8 Å². The molecule has 2 amide bonds. The fourth-order valence-corrected chi connectivity index (χ4v) is 2.02.